The van der Waals surface area contributed by atoms with Gasteiger partial charge < -0.3 is 14.9 Å². The van der Waals surface area contributed by atoms with Gasteiger partial charge in [-0.1, -0.05) is 66.7 Å². The number of aromatic hydroxyl groups is 1. The fourth-order valence-corrected chi connectivity index (χ4v) is 4.72. The molecular formula is C28H35N3O. The zero-order valence-corrected chi connectivity index (χ0v) is 19.3. The minimum Gasteiger partial charge on any atom is -0.506 e. The normalized spacial score (nSPS) is 15.2. The van der Waals surface area contributed by atoms with Crippen LogP contribution in [0.15, 0.2) is 78.9 Å². The topological polar surface area (TPSA) is 30.0 Å². The largest absolute Gasteiger partial charge is 0.506 e. The number of benzene rings is 3. The van der Waals surface area contributed by atoms with Gasteiger partial charge in [-0.3, -0.25) is 4.90 Å². The van der Waals surface area contributed by atoms with Gasteiger partial charge in [-0.2, -0.15) is 0 Å². The summed E-state index contributed by atoms with van der Waals surface area (Å²) in [6.45, 7) is 8.42. The van der Waals surface area contributed by atoms with Gasteiger partial charge in [0.15, 0.2) is 0 Å². The van der Waals surface area contributed by atoms with Crippen LogP contribution in [0.2, 0.25) is 0 Å². The lowest BCUT2D eigenvalue weighted by Gasteiger charge is -2.40. The average Bonchev–Trinajstić information content (AvgIpc) is 2.83. The van der Waals surface area contributed by atoms with E-state index >= 15 is 0 Å². The molecule has 4 heteroatoms. The summed E-state index contributed by atoms with van der Waals surface area (Å²) in [5.41, 5.74) is 4.83. The van der Waals surface area contributed by atoms with Crippen LogP contribution in [-0.2, 0) is 0 Å². The van der Waals surface area contributed by atoms with Crippen LogP contribution >= 0.6 is 0 Å². The lowest BCUT2D eigenvalue weighted by atomic mass is 9.96. The second-order valence-corrected chi connectivity index (χ2v) is 8.87. The molecule has 4 rings (SSSR count). The van der Waals surface area contributed by atoms with Crippen molar-refractivity contribution in [3.05, 3.63) is 95.6 Å². The molecule has 1 aliphatic heterocycles. The van der Waals surface area contributed by atoms with E-state index in [9.17, 15) is 5.11 Å². The number of phenolic OH excluding ortho intramolecular Hbond substituents is 1. The highest BCUT2D eigenvalue weighted by Gasteiger charge is 2.26. The maximum Gasteiger partial charge on any atom is 0.138 e. The molecule has 3 aromatic carbocycles. The Balaban J connectivity index is 1.31. The first-order chi connectivity index (χ1) is 15.6. The van der Waals surface area contributed by atoms with Crippen molar-refractivity contribution in [3.8, 4) is 5.75 Å². The Hall–Kier alpha value is -2.82. The Kier molecular flexibility index (Phi) is 7.46. The molecule has 4 nitrogen and oxygen atoms in total. The Bertz CT molecular complexity index is 929. The third-order valence-corrected chi connectivity index (χ3v) is 6.51. The van der Waals surface area contributed by atoms with Crippen LogP contribution in [0.25, 0.3) is 0 Å². The molecule has 0 aliphatic carbocycles. The van der Waals surface area contributed by atoms with Crippen molar-refractivity contribution in [3.63, 3.8) is 0 Å². The summed E-state index contributed by atoms with van der Waals surface area (Å²) in [5.74, 6) is 0.361. The van der Waals surface area contributed by atoms with E-state index in [1.54, 1.807) is 6.07 Å². The van der Waals surface area contributed by atoms with Gasteiger partial charge in [0, 0.05) is 39.8 Å². The number of hydrogen-bond donors (Lipinski definition) is 1. The van der Waals surface area contributed by atoms with E-state index in [0.717, 1.165) is 51.4 Å². The van der Waals surface area contributed by atoms with Crippen LogP contribution in [-0.4, -0.2) is 61.2 Å². The van der Waals surface area contributed by atoms with Gasteiger partial charge in [0.05, 0.1) is 11.7 Å². The first kappa shape index (κ1) is 22.4. The molecule has 0 spiro atoms. The molecule has 0 unspecified atom stereocenters. The van der Waals surface area contributed by atoms with Gasteiger partial charge >= 0.3 is 0 Å². The van der Waals surface area contributed by atoms with E-state index in [1.807, 2.05) is 6.07 Å². The molecule has 168 valence electrons. The van der Waals surface area contributed by atoms with Gasteiger partial charge in [-0.25, -0.2) is 0 Å². The molecule has 1 saturated heterocycles. The summed E-state index contributed by atoms with van der Waals surface area (Å²) in [6, 6.07) is 27.9. The highest BCUT2D eigenvalue weighted by atomic mass is 16.3. The summed E-state index contributed by atoms with van der Waals surface area (Å²) >= 11 is 0. The quantitative estimate of drug-likeness (QED) is 0.550. The molecule has 0 saturated carbocycles. The van der Waals surface area contributed by atoms with Crippen molar-refractivity contribution in [1.29, 1.82) is 0 Å². The van der Waals surface area contributed by atoms with Crippen LogP contribution in [0.1, 0.15) is 29.2 Å². The predicted molar refractivity (Wildman–Crippen MR) is 133 cm³/mol. The van der Waals surface area contributed by atoms with Crippen molar-refractivity contribution in [1.82, 2.24) is 9.80 Å². The molecule has 3 aromatic rings. The number of nitrogens with zero attached hydrogens (tertiary/aromatic N) is 3. The molecule has 0 atom stereocenters. The molecule has 1 fully saturated rings. The van der Waals surface area contributed by atoms with E-state index in [0.29, 0.717) is 11.8 Å². The lowest BCUT2D eigenvalue weighted by Crippen LogP contribution is -2.48. The fraction of sp³-hybridized carbons (Fsp3) is 0.357. The average molecular weight is 430 g/mol. The zero-order chi connectivity index (χ0) is 22.3. The van der Waals surface area contributed by atoms with Crippen LogP contribution < -0.4 is 4.90 Å². The van der Waals surface area contributed by atoms with Crippen LogP contribution in [0.3, 0.4) is 0 Å². The van der Waals surface area contributed by atoms with E-state index in [4.69, 9.17) is 0 Å². The zero-order valence-electron chi connectivity index (χ0n) is 19.3. The number of anilines is 1. The highest BCUT2D eigenvalue weighted by Crippen LogP contribution is 2.30. The number of hydrogen-bond acceptors (Lipinski definition) is 4. The van der Waals surface area contributed by atoms with Crippen molar-refractivity contribution >= 4 is 5.69 Å². The third kappa shape index (κ3) is 5.50. The molecule has 0 aromatic heterocycles. The van der Waals surface area contributed by atoms with Crippen LogP contribution in [0.4, 0.5) is 5.69 Å². The maximum atomic E-state index is 10.2. The van der Waals surface area contributed by atoms with Gasteiger partial charge in [0.2, 0.25) is 0 Å². The second-order valence-electron chi connectivity index (χ2n) is 8.87. The molecule has 32 heavy (non-hydrogen) atoms. The first-order valence-corrected chi connectivity index (χ1v) is 11.7. The summed E-state index contributed by atoms with van der Waals surface area (Å²) in [7, 11) is 2.07. The molecule has 0 amide bonds. The third-order valence-electron chi connectivity index (χ3n) is 6.51. The molecule has 0 radical (unpaired) electrons. The summed E-state index contributed by atoms with van der Waals surface area (Å²) < 4.78 is 0. The Morgan fingerprint density at radius 2 is 1.44 bits per heavy atom. The van der Waals surface area contributed by atoms with E-state index < -0.39 is 0 Å². The minimum absolute atomic E-state index is 0.315. The highest BCUT2D eigenvalue weighted by molar-refractivity contribution is 5.58. The van der Waals surface area contributed by atoms with Crippen molar-refractivity contribution < 1.29 is 5.11 Å². The standard InChI is InChI=1S/C28H35N3O/c1-23-14-15-27(32)26(22-23)29(2)16-9-17-30-18-20-31(21-19-30)28(24-10-5-3-6-11-24)25-12-7-4-8-13-25/h3-8,10-15,22,28,32H,9,16-21H2,1-2H3. The van der Waals surface area contributed by atoms with Gasteiger partial charge in [0.25, 0.3) is 0 Å². The number of aryl methyl sites for hydroxylation is 1. The Morgan fingerprint density at radius 3 is 2.03 bits per heavy atom. The monoisotopic (exact) mass is 429 g/mol. The molecular weight excluding hydrogens is 394 g/mol. The smallest absolute Gasteiger partial charge is 0.138 e. The maximum absolute atomic E-state index is 10.2. The minimum atomic E-state index is 0.315. The Morgan fingerprint density at radius 1 is 0.844 bits per heavy atom. The predicted octanol–water partition coefficient (Wildman–Crippen LogP) is 4.93. The van der Waals surface area contributed by atoms with Crippen LogP contribution in [0.5, 0.6) is 5.75 Å². The molecule has 1 heterocycles. The summed E-state index contributed by atoms with van der Waals surface area (Å²) in [4.78, 5) is 7.37. The summed E-state index contributed by atoms with van der Waals surface area (Å²) in [5, 5.41) is 10.2. The van der Waals surface area contributed by atoms with Crippen molar-refractivity contribution in [2.24, 2.45) is 0 Å². The van der Waals surface area contributed by atoms with E-state index in [2.05, 4.69) is 95.4 Å². The van der Waals surface area contributed by atoms with E-state index in [-0.39, 0.29) is 0 Å². The molecule has 1 aliphatic rings. The lowest BCUT2D eigenvalue weighted by molar-refractivity contribution is 0.109. The fourth-order valence-electron chi connectivity index (χ4n) is 4.72. The number of piperazine rings is 1. The SMILES string of the molecule is Cc1ccc(O)c(N(C)CCCN2CCN(C(c3ccccc3)c3ccccc3)CC2)c1. The molecule has 0 bridgehead atoms. The van der Waals surface area contributed by atoms with Gasteiger partial charge in [0.1, 0.15) is 5.75 Å². The second kappa shape index (κ2) is 10.7. The van der Waals surface area contributed by atoms with Crippen molar-refractivity contribution in [2.45, 2.75) is 19.4 Å². The number of rotatable bonds is 8. The van der Waals surface area contributed by atoms with Gasteiger partial charge in [-0.15, -0.1) is 0 Å². The van der Waals surface area contributed by atoms with E-state index in [1.165, 1.54) is 16.7 Å². The van der Waals surface area contributed by atoms with Gasteiger partial charge in [-0.05, 0) is 48.7 Å². The summed E-state index contributed by atoms with van der Waals surface area (Å²) in [6.07, 6.45) is 1.09. The molecule has 1 N–H and O–H groups in total. The number of phenols is 1. The first-order valence-electron chi connectivity index (χ1n) is 11.7. The van der Waals surface area contributed by atoms with Crippen molar-refractivity contribution in [2.75, 3.05) is 51.2 Å². The Labute approximate surface area is 192 Å². The van der Waals surface area contributed by atoms with Crippen LogP contribution in [0, 0.1) is 6.92 Å².